The van der Waals surface area contributed by atoms with Crippen molar-refractivity contribution in [2.75, 3.05) is 12.4 Å². The largest absolute Gasteiger partial charge is 0.496 e. The van der Waals surface area contributed by atoms with Gasteiger partial charge in [0.2, 0.25) is 5.43 Å². The van der Waals surface area contributed by atoms with E-state index < -0.39 is 16.9 Å². The standard InChI is InChI=1S/C20H20N4O4/c1-20(2,3)28-12-5-6-13(17(9-12)27-4)19(26)23-18-10-16(25)14(11-21)15-7-8-22-24(15)18/h5-10,22H,1-4H3,(H,23,26). The van der Waals surface area contributed by atoms with Crippen LogP contribution >= 0.6 is 0 Å². The Kier molecular flexibility index (Phi) is 4.84. The molecule has 0 unspecified atom stereocenters. The van der Waals surface area contributed by atoms with E-state index in [0.29, 0.717) is 17.0 Å². The number of ether oxygens (including phenoxy) is 2. The number of carbonyl (C=O) groups excluding carboxylic acids is 1. The molecular formula is C20H20N4O4. The van der Waals surface area contributed by atoms with Crippen molar-refractivity contribution >= 4 is 17.2 Å². The first-order valence-electron chi connectivity index (χ1n) is 8.55. The number of nitriles is 1. The zero-order chi connectivity index (χ0) is 20.5. The highest BCUT2D eigenvalue weighted by Gasteiger charge is 2.19. The molecule has 8 heteroatoms. The minimum absolute atomic E-state index is 0.000474. The lowest BCUT2D eigenvalue weighted by molar-refractivity contribution is 0.102. The summed E-state index contributed by atoms with van der Waals surface area (Å²) in [6, 6.07) is 9.57. The number of methoxy groups -OCH3 is 1. The number of nitrogens with one attached hydrogen (secondary N) is 2. The number of aromatic nitrogens is 2. The van der Waals surface area contributed by atoms with E-state index in [4.69, 9.17) is 14.7 Å². The monoisotopic (exact) mass is 380 g/mol. The second-order valence-corrected chi connectivity index (χ2v) is 7.09. The molecule has 0 saturated heterocycles. The average molecular weight is 380 g/mol. The summed E-state index contributed by atoms with van der Waals surface area (Å²) in [5.74, 6) is 0.656. The molecule has 0 bridgehead atoms. The van der Waals surface area contributed by atoms with Crippen molar-refractivity contribution in [1.82, 2.24) is 9.61 Å². The lowest BCUT2D eigenvalue weighted by atomic mass is 10.1. The van der Waals surface area contributed by atoms with Crippen LogP contribution in [-0.2, 0) is 0 Å². The Morgan fingerprint density at radius 2 is 2.00 bits per heavy atom. The number of nitrogens with zero attached hydrogens (tertiary/aromatic N) is 2. The third kappa shape index (κ3) is 3.69. The molecule has 0 atom stereocenters. The number of aromatic amines is 1. The highest BCUT2D eigenvalue weighted by atomic mass is 16.5. The van der Waals surface area contributed by atoms with Crippen LogP contribution in [0.5, 0.6) is 11.5 Å². The Hall–Kier alpha value is -3.73. The first-order chi connectivity index (χ1) is 13.2. The summed E-state index contributed by atoms with van der Waals surface area (Å²) in [5.41, 5.74) is -0.205. The van der Waals surface area contributed by atoms with Crippen LogP contribution in [0.25, 0.3) is 5.52 Å². The van der Waals surface area contributed by atoms with Crippen molar-refractivity contribution in [3.63, 3.8) is 0 Å². The average Bonchev–Trinajstić information content (AvgIpc) is 3.10. The number of hydrogen-bond acceptors (Lipinski definition) is 5. The van der Waals surface area contributed by atoms with Crippen molar-refractivity contribution < 1.29 is 14.3 Å². The first-order valence-corrected chi connectivity index (χ1v) is 8.55. The van der Waals surface area contributed by atoms with Crippen LogP contribution in [0.2, 0.25) is 0 Å². The van der Waals surface area contributed by atoms with Gasteiger partial charge in [0.15, 0.2) is 0 Å². The molecule has 2 aromatic heterocycles. The van der Waals surface area contributed by atoms with Gasteiger partial charge in [0.05, 0.1) is 18.2 Å². The van der Waals surface area contributed by atoms with E-state index in [0.717, 1.165) is 0 Å². The zero-order valence-corrected chi connectivity index (χ0v) is 16.0. The molecule has 144 valence electrons. The number of hydrogen-bond donors (Lipinski definition) is 2. The van der Waals surface area contributed by atoms with Gasteiger partial charge < -0.3 is 14.8 Å². The van der Waals surface area contributed by atoms with E-state index in [9.17, 15) is 9.59 Å². The molecule has 3 rings (SSSR count). The second-order valence-electron chi connectivity index (χ2n) is 7.09. The topological polar surface area (TPSA) is 109 Å². The molecule has 0 saturated carbocycles. The maximum absolute atomic E-state index is 12.8. The highest BCUT2D eigenvalue weighted by Crippen LogP contribution is 2.28. The number of fused-ring (bicyclic) bond motifs is 1. The summed E-state index contributed by atoms with van der Waals surface area (Å²) >= 11 is 0. The van der Waals surface area contributed by atoms with E-state index >= 15 is 0 Å². The Labute approximate surface area is 161 Å². The fourth-order valence-electron chi connectivity index (χ4n) is 2.78. The molecule has 1 aromatic carbocycles. The third-order valence-electron chi connectivity index (χ3n) is 3.89. The third-order valence-corrected chi connectivity index (χ3v) is 3.89. The lowest BCUT2D eigenvalue weighted by Gasteiger charge is -2.22. The molecule has 8 nitrogen and oxygen atoms in total. The van der Waals surface area contributed by atoms with Crippen molar-refractivity contribution in [3.8, 4) is 17.6 Å². The minimum Gasteiger partial charge on any atom is -0.496 e. The number of pyridine rings is 1. The van der Waals surface area contributed by atoms with Gasteiger partial charge in [0.1, 0.15) is 34.6 Å². The highest BCUT2D eigenvalue weighted by molar-refractivity contribution is 6.06. The molecule has 2 heterocycles. The molecule has 0 aliphatic carbocycles. The van der Waals surface area contributed by atoms with Crippen LogP contribution in [0.15, 0.2) is 41.3 Å². The van der Waals surface area contributed by atoms with E-state index in [-0.39, 0.29) is 16.9 Å². The summed E-state index contributed by atoms with van der Waals surface area (Å²) < 4.78 is 12.6. The van der Waals surface area contributed by atoms with Gasteiger partial charge in [0.25, 0.3) is 5.91 Å². The van der Waals surface area contributed by atoms with Crippen molar-refractivity contribution in [3.05, 3.63) is 57.9 Å². The quantitative estimate of drug-likeness (QED) is 0.723. The molecule has 28 heavy (non-hydrogen) atoms. The smallest absolute Gasteiger partial charge is 0.260 e. The number of rotatable bonds is 4. The summed E-state index contributed by atoms with van der Waals surface area (Å²) in [6.45, 7) is 5.76. The summed E-state index contributed by atoms with van der Waals surface area (Å²) in [4.78, 5) is 25.0. The lowest BCUT2D eigenvalue weighted by Crippen LogP contribution is -2.23. The number of amides is 1. The molecule has 3 aromatic rings. The Morgan fingerprint density at radius 3 is 2.64 bits per heavy atom. The predicted molar refractivity (Wildman–Crippen MR) is 104 cm³/mol. The fraction of sp³-hybridized carbons (Fsp3) is 0.250. The van der Waals surface area contributed by atoms with Crippen molar-refractivity contribution in [1.29, 1.82) is 5.26 Å². The molecule has 0 spiro atoms. The summed E-state index contributed by atoms with van der Waals surface area (Å²) in [6.07, 6.45) is 1.57. The molecule has 0 fully saturated rings. The van der Waals surface area contributed by atoms with Gasteiger partial charge in [-0.15, -0.1) is 0 Å². The van der Waals surface area contributed by atoms with Gasteiger partial charge in [-0.25, -0.2) is 4.52 Å². The van der Waals surface area contributed by atoms with Gasteiger partial charge in [-0.3, -0.25) is 14.7 Å². The SMILES string of the molecule is COc1cc(OC(C)(C)C)ccc1C(=O)Nc1cc(=O)c(C#N)c2cc[nH]n12. The van der Waals surface area contributed by atoms with E-state index in [2.05, 4.69) is 10.4 Å². The molecule has 0 aliphatic heterocycles. The Bertz CT molecular complexity index is 1150. The van der Waals surface area contributed by atoms with E-state index in [1.807, 2.05) is 26.8 Å². The van der Waals surface area contributed by atoms with Gasteiger partial charge in [-0.2, -0.15) is 5.26 Å². The molecular weight excluding hydrogens is 360 g/mol. The maximum atomic E-state index is 12.8. The maximum Gasteiger partial charge on any atom is 0.260 e. The second kappa shape index (κ2) is 7.12. The van der Waals surface area contributed by atoms with Crippen molar-refractivity contribution in [2.45, 2.75) is 26.4 Å². The Morgan fingerprint density at radius 1 is 1.25 bits per heavy atom. The number of anilines is 1. The number of H-pyrrole nitrogens is 1. The van der Waals surface area contributed by atoms with Gasteiger partial charge in [-0.1, -0.05) is 0 Å². The number of carbonyl (C=O) groups is 1. The predicted octanol–water partition coefficient (Wildman–Crippen LogP) is 2.94. The van der Waals surface area contributed by atoms with Crippen molar-refractivity contribution in [2.24, 2.45) is 0 Å². The molecule has 1 amide bonds. The van der Waals surface area contributed by atoms with Crippen LogP contribution < -0.4 is 20.2 Å². The van der Waals surface area contributed by atoms with Crippen LogP contribution in [0.4, 0.5) is 5.82 Å². The van der Waals surface area contributed by atoms with Gasteiger partial charge in [-0.05, 0) is 39.0 Å². The molecule has 2 N–H and O–H groups in total. The minimum atomic E-state index is -0.474. The summed E-state index contributed by atoms with van der Waals surface area (Å²) in [5, 5.41) is 14.7. The normalized spacial score (nSPS) is 11.1. The van der Waals surface area contributed by atoms with Gasteiger partial charge in [0, 0.05) is 18.3 Å². The number of benzene rings is 1. The van der Waals surface area contributed by atoms with Crippen LogP contribution in [-0.4, -0.2) is 28.2 Å². The zero-order valence-electron chi connectivity index (χ0n) is 16.0. The van der Waals surface area contributed by atoms with Gasteiger partial charge >= 0.3 is 0 Å². The summed E-state index contributed by atoms with van der Waals surface area (Å²) in [7, 11) is 1.46. The molecule has 0 aliphatic rings. The van der Waals surface area contributed by atoms with Crippen LogP contribution in [0.3, 0.4) is 0 Å². The van der Waals surface area contributed by atoms with Crippen LogP contribution in [0.1, 0.15) is 36.7 Å². The fourth-order valence-corrected chi connectivity index (χ4v) is 2.78. The molecule has 0 radical (unpaired) electrons. The first kappa shape index (κ1) is 19.0. The van der Waals surface area contributed by atoms with E-state index in [1.54, 1.807) is 30.5 Å². The van der Waals surface area contributed by atoms with E-state index in [1.165, 1.54) is 17.7 Å². The Balaban J connectivity index is 1.96. The van der Waals surface area contributed by atoms with Crippen LogP contribution in [0, 0.1) is 11.3 Å².